The molecular weight excluding hydrogens is 258 g/mol. The highest BCUT2D eigenvalue weighted by Gasteiger charge is 2.02. The van der Waals surface area contributed by atoms with Gasteiger partial charge in [0.25, 0.3) is 0 Å². The van der Waals surface area contributed by atoms with Crippen molar-refractivity contribution in [1.82, 2.24) is 4.98 Å². The first-order chi connectivity index (χ1) is 10.2. The van der Waals surface area contributed by atoms with Crippen LogP contribution in [-0.4, -0.2) is 10.8 Å². The third-order valence-corrected chi connectivity index (χ3v) is 3.52. The quantitative estimate of drug-likeness (QED) is 0.721. The van der Waals surface area contributed by atoms with Crippen LogP contribution in [0, 0.1) is 0 Å². The van der Waals surface area contributed by atoms with Gasteiger partial charge in [-0.2, -0.15) is 0 Å². The topological polar surface area (TPSA) is 30.0 Å². The van der Waals surface area contributed by atoms with Crippen molar-refractivity contribution in [2.45, 2.75) is 19.8 Å². The van der Waals surface area contributed by atoms with Gasteiger partial charge in [0.2, 0.25) is 0 Å². The van der Waals surface area contributed by atoms with E-state index in [1.54, 1.807) is 6.92 Å². The number of para-hydroxylation sites is 1. The van der Waals surface area contributed by atoms with E-state index in [0.717, 1.165) is 28.6 Å². The summed E-state index contributed by atoms with van der Waals surface area (Å²) in [5.74, 6) is 0.193. The monoisotopic (exact) mass is 275 g/mol. The lowest BCUT2D eigenvalue weighted by atomic mass is 10.0. The van der Waals surface area contributed by atoms with E-state index in [4.69, 9.17) is 0 Å². The van der Waals surface area contributed by atoms with Gasteiger partial charge in [0.15, 0.2) is 0 Å². The molecule has 0 spiro atoms. The molecule has 21 heavy (non-hydrogen) atoms. The molecule has 1 aromatic heterocycles. The Hall–Kier alpha value is -2.48. The van der Waals surface area contributed by atoms with Crippen LogP contribution in [0.15, 0.2) is 60.7 Å². The van der Waals surface area contributed by atoms with Gasteiger partial charge in [0, 0.05) is 23.9 Å². The molecule has 0 amide bonds. The van der Waals surface area contributed by atoms with Crippen LogP contribution in [0.5, 0.6) is 0 Å². The fraction of sp³-hybridized carbons (Fsp3) is 0.158. The number of benzene rings is 2. The molecule has 3 rings (SSSR count). The van der Waals surface area contributed by atoms with Crippen molar-refractivity contribution in [3.63, 3.8) is 0 Å². The van der Waals surface area contributed by atoms with E-state index in [9.17, 15) is 4.79 Å². The SMILES string of the molecule is CC(=O)Cc1ccc(Cc2ccc3ccccc3n2)cc1. The highest BCUT2D eigenvalue weighted by atomic mass is 16.1. The molecule has 1 heterocycles. The predicted octanol–water partition coefficient (Wildman–Crippen LogP) is 3.96. The van der Waals surface area contributed by atoms with Crippen molar-refractivity contribution in [2.75, 3.05) is 0 Å². The zero-order valence-electron chi connectivity index (χ0n) is 12.0. The van der Waals surface area contributed by atoms with Gasteiger partial charge in [0.1, 0.15) is 5.78 Å². The maximum absolute atomic E-state index is 11.1. The Morgan fingerprint density at radius 1 is 0.905 bits per heavy atom. The van der Waals surface area contributed by atoms with Crippen molar-refractivity contribution in [3.8, 4) is 0 Å². The zero-order chi connectivity index (χ0) is 14.7. The van der Waals surface area contributed by atoms with Crippen molar-refractivity contribution in [3.05, 3.63) is 77.5 Å². The molecule has 0 saturated carbocycles. The van der Waals surface area contributed by atoms with E-state index >= 15 is 0 Å². The second-order valence-corrected chi connectivity index (χ2v) is 5.37. The minimum Gasteiger partial charge on any atom is -0.300 e. The first kappa shape index (κ1) is 13.5. The Kier molecular flexibility index (Phi) is 3.78. The summed E-state index contributed by atoms with van der Waals surface area (Å²) in [4.78, 5) is 15.8. The summed E-state index contributed by atoms with van der Waals surface area (Å²) in [5.41, 5.74) is 4.37. The van der Waals surface area contributed by atoms with Gasteiger partial charge in [-0.25, -0.2) is 0 Å². The van der Waals surface area contributed by atoms with Gasteiger partial charge >= 0.3 is 0 Å². The molecule has 0 unspecified atom stereocenters. The highest BCUT2D eigenvalue weighted by Crippen LogP contribution is 2.15. The molecule has 0 aliphatic carbocycles. The molecule has 3 aromatic rings. The molecule has 0 fully saturated rings. The van der Waals surface area contributed by atoms with Crippen LogP contribution in [0.2, 0.25) is 0 Å². The second kappa shape index (κ2) is 5.88. The number of nitrogens with zero attached hydrogens (tertiary/aromatic N) is 1. The molecule has 2 heteroatoms. The van der Waals surface area contributed by atoms with Crippen molar-refractivity contribution in [1.29, 1.82) is 0 Å². The molecule has 0 bridgehead atoms. The lowest BCUT2D eigenvalue weighted by molar-refractivity contribution is -0.116. The van der Waals surface area contributed by atoms with Gasteiger partial charge in [-0.05, 0) is 30.2 Å². The van der Waals surface area contributed by atoms with Crippen molar-refractivity contribution < 1.29 is 4.79 Å². The van der Waals surface area contributed by atoms with Crippen LogP contribution in [-0.2, 0) is 17.6 Å². The van der Waals surface area contributed by atoms with E-state index < -0.39 is 0 Å². The maximum atomic E-state index is 11.1. The normalized spacial score (nSPS) is 10.7. The molecule has 0 aliphatic heterocycles. The Balaban J connectivity index is 1.79. The lowest BCUT2D eigenvalue weighted by Gasteiger charge is -2.05. The standard InChI is InChI=1S/C19H17NO/c1-14(21)12-15-6-8-16(9-7-15)13-18-11-10-17-4-2-3-5-19(17)20-18/h2-11H,12-13H2,1H3. The maximum Gasteiger partial charge on any atom is 0.134 e. The molecule has 2 nitrogen and oxygen atoms in total. The molecule has 0 N–H and O–H groups in total. The number of Topliss-reactive ketones (excluding diaryl/α,β-unsaturated/α-hetero) is 1. The number of aromatic nitrogens is 1. The van der Waals surface area contributed by atoms with Gasteiger partial charge in [-0.1, -0.05) is 48.5 Å². The summed E-state index contributed by atoms with van der Waals surface area (Å²) in [6, 6.07) is 20.5. The Labute approximate surface area is 124 Å². The number of hydrogen-bond acceptors (Lipinski definition) is 2. The number of hydrogen-bond donors (Lipinski definition) is 0. The van der Waals surface area contributed by atoms with Gasteiger partial charge < -0.3 is 0 Å². The van der Waals surface area contributed by atoms with E-state index in [1.807, 2.05) is 30.3 Å². The lowest BCUT2D eigenvalue weighted by Crippen LogP contribution is -1.97. The van der Waals surface area contributed by atoms with Crippen LogP contribution < -0.4 is 0 Å². The highest BCUT2D eigenvalue weighted by molar-refractivity contribution is 5.78. The van der Waals surface area contributed by atoms with Gasteiger partial charge in [0.05, 0.1) is 5.52 Å². The molecule has 0 saturated heterocycles. The summed E-state index contributed by atoms with van der Waals surface area (Å²) in [6.07, 6.45) is 1.32. The van der Waals surface area contributed by atoms with Gasteiger partial charge in [-0.15, -0.1) is 0 Å². The zero-order valence-corrected chi connectivity index (χ0v) is 12.0. The van der Waals surface area contributed by atoms with E-state index in [2.05, 4.69) is 35.3 Å². The minimum absolute atomic E-state index is 0.193. The summed E-state index contributed by atoms with van der Waals surface area (Å²) in [7, 11) is 0. The summed E-state index contributed by atoms with van der Waals surface area (Å²) in [5, 5.41) is 1.16. The first-order valence-corrected chi connectivity index (χ1v) is 7.12. The molecule has 104 valence electrons. The average Bonchev–Trinajstić information content (AvgIpc) is 2.49. The predicted molar refractivity (Wildman–Crippen MR) is 85.4 cm³/mol. The summed E-state index contributed by atoms with van der Waals surface area (Å²) >= 11 is 0. The fourth-order valence-electron chi connectivity index (χ4n) is 2.48. The number of ketones is 1. The number of carbonyl (C=O) groups is 1. The molecule has 0 radical (unpaired) electrons. The third-order valence-electron chi connectivity index (χ3n) is 3.52. The Morgan fingerprint density at radius 3 is 2.38 bits per heavy atom. The Bertz CT molecular complexity index is 775. The summed E-state index contributed by atoms with van der Waals surface area (Å²) < 4.78 is 0. The summed E-state index contributed by atoms with van der Waals surface area (Å²) in [6.45, 7) is 1.62. The largest absolute Gasteiger partial charge is 0.300 e. The number of pyridine rings is 1. The number of rotatable bonds is 4. The number of fused-ring (bicyclic) bond motifs is 1. The number of carbonyl (C=O) groups excluding carboxylic acids is 1. The second-order valence-electron chi connectivity index (χ2n) is 5.37. The molecular formula is C19H17NO. The smallest absolute Gasteiger partial charge is 0.134 e. The van der Waals surface area contributed by atoms with Crippen LogP contribution in [0.3, 0.4) is 0 Å². The average molecular weight is 275 g/mol. The van der Waals surface area contributed by atoms with Crippen LogP contribution in [0.25, 0.3) is 10.9 Å². The van der Waals surface area contributed by atoms with E-state index in [-0.39, 0.29) is 5.78 Å². The van der Waals surface area contributed by atoms with Crippen molar-refractivity contribution >= 4 is 16.7 Å². The van der Waals surface area contributed by atoms with Gasteiger partial charge in [-0.3, -0.25) is 9.78 Å². The molecule has 0 aliphatic rings. The Morgan fingerprint density at radius 2 is 1.62 bits per heavy atom. The minimum atomic E-state index is 0.193. The van der Waals surface area contributed by atoms with Crippen LogP contribution >= 0.6 is 0 Å². The molecule has 0 atom stereocenters. The van der Waals surface area contributed by atoms with E-state index in [0.29, 0.717) is 6.42 Å². The van der Waals surface area contributed by atoms with E-state index in [1.165, 1.54) is 5.56 Å². The first-order valence-electron chi connectivity index (χ1n) is 7.12. The molecule has 2 aromatic carbocycles. The third kappa shape index (κ3) is 3.34. The fourth-order valence-corrected chi connectivity index (χ4v) is 2.48. The van der Waals surface area contributed by atoms with Crippen LogP contribution in [0.4, 0.5) is 0 Å². The van der Waals surface area contributed by atoms with Crippen molar-refractivity contribution in [2.24, 2.45) is 0 Å². The van der Waals surface area contributed by atoms with Crippen LogP contribution in [0.1, 0.15) is 23.7 Å².